The Balaban J connectivity index is 1.89. The smallest absolute Gasteiger partial charge is 0.261 e. The van der Waals surface area contributed by atoms with Crippen molar-refractivity contribution < 1.29 is 14.3 Å². The minimum atomic E-state index is -0.336. The van der Waals surface area contributed by atoms with Crippen LogP contribution >= 0.6 is 28.1 Å². The second-order valence-electron chi connectivity index (χ2n) is 6.77. The monoisotopic (exact) mass is 492 g/mol. The first kappa shape index (κ1) is 24.2. The SMILES string of the molecule is CCCCCCCOc1cccc(NC(=S)NC(=O)c2cc(Br)ccc2OCC)c1. The largest absolute Gasteiger partial charge is 0.494 e. The second-order valence-corrected chi connectivity index (χ2v) is 8.10. The Bertz CT molecular complexity index is 845. The Morgan fingerprint density at radius 2 is 1.83 bits per heavy atom. The van der Waals surface area contributed by atoms with E-state index in [0.29, 0.717) is 24.5 Å². The van der Waals surface area contributed by atoms with Crippen molar-refractivity contribution in [3.05, 3.63) is 52.5 Å². The van der Waals surface area contributed by atoms with Crippen LogP contribution in [0, 0.1) is 0 Å². The molecule has 0 aliphatic carbocycles. The first-order valence-electron chi connectivity index (χ1n) is 10.3. The van der Waals surface area contributed by atoms with Crippen molar-refractivity contribution in [1.82, 2.24) is 5.32 Å². The molecule has 0 unspecified atom stereocenters. The number of hydrogen-bond acceptors (Lipinski definition) is 4. The summed E-state index contributed by atoms with van der Waals surface area (Å²) in [6.07, 6.45) is 5.98. The predicted molar refractivity (Wildman–Crippen MR) is 130 cm³/mol. The lowest BCUT2D eigenvalue weighted by molar-refractivity contribution is 0.0974. The van der Waals surface area contributed by atoms with Crippen LogP contribution in [-0.2, 0) is 0 Å². The average Bonchev–Trinajstić information content (AvgIpc) is 2.72. The van der Waals surface area contributed by atoms with Gasteiger partial charge in [-0.3, -0.25) is 10.1 Å². The molecular formula is C23H29BrN2O3S. The van der Waals surface area contributed by atoms with Gasteiger partial charge in [0.2, 0.25) is 0 Å². The van der Waals surface area contributed by atoms with E-state index in [1.165, 1.54) is 25.7 Å². The molecule has 0 atom stereocenters. The van der Waals surface area contributed by atoms with E-state index in [-0.39, 0.29) is 11.0 Å². The molecule has 0 heterocycles. The first-order chi connectivity index (χ1) is 14.5. The number of thiocarbonyl (C=S) groups is 1. The summed E-state index contributed by atoms with van der Waals surface area (Å²) in [5.41, 5.74) is 1.17. The third-order valence-corrected chi connectivity index (χ3v) is 5.02. The van der Waals surface area contributed by atoms with Crippen LogP contribution in [-0.4, -0.2) is 24.2 Å². The fraction of sp³-hybridized carbons (Fsp3) is 0.391. The molecule has 2 rings (SSSR count). The number of rotatable bonds is 11. The van der Waals surface area contributed by atoms with Gasteiger partial charge in [-0.1, -0.05) is 54.6 Å². The number of halogens is 1. The number of ether oxygens (including phenoxy) is 2. The van der Waals surface area contributed by atoms with E-state index in [4.69, 9.17) is 21.7 Å². The summed E-state index contributed by atoms with van der Waals surface area (Å²) < 4.78 is 12.1. The van der Waals surface area contributed by atoms with Gasteiger partial charge in [0.1, 0.15) is 11.5 Å². The van der Waals surface area contributed by atoms with Crippen LogP contribution in [0.5, 0.6) is 11.5 Å². The molecule has 0 spiro atoms. The van der Waals surface area contributed by atoms with Gasteiger partial charge in [-0.25, -0.2) is 0 Å². The van der Waals surface area contributed by atoms with Crippen molar-refractivity contribution in [2.45, 2.75) is 46.0 Å². The van der Waals surface area contributed by atoms with Crippen LogP contribution in [0.4, 0.5) is 5.69 Å². The Labute approximate surface area is 192 Å². The highest BCUT2D eigenvalue weighted by Crippen LogP contribution is 2.23. The molecule has 0 saturated heterocycles. The minimum Gasteiger partial charge on any atom is -0.494 e. The third-order valence-electron chi connectivity index (χ3n) is 4.32. The summed E-state index contributed by atoms with van der Waals surface area (Å²) in [4.78, 5) is 12.6. The van der Waals surface area contributed by atoms with Gasteiger partial charge in [-0.15, -0.1) is 0 Å². The van der Waals surface area contributed by atoms with Crippen LogP contribution in [0.2, 0.25) is 0 Å². The van der Waals surface area contributed by atoms with E-state index < -0.39 is 0 Å². The summed E-state index contributed by atoms with van der Waals surface area (Å²) in [7, 11) is 0. The lowest BCUT2D eigenvalue weighted by Crippen LogP contribution is -2.34. The Kier molecular flexibility index (Phi) is 10.7. The summed E-state index contributed by atoms with van der Waals surface area (Å²) in [5, 5.41) is 5.94. The number of unbranched alkanes of at least 4 members (excludes halogenated alkanes) is 4. The highest BCUT2D eigenvalue weighted by atomic mass is 79.9. The van der Waals surface area contributed by atoms with Gasteiger partial charge in [0.15, 0.2) is 5.11 Å². The minimum absolute atomic E-state index is 0.208. The molecule has 0 fully saturated rings. The molecule has 162 valence electrons. The molecule has 2 N–H and O–H groups in total. The molecule has 0 radical (unpaired) electrons. The van der Waals surface area contributed by atoms with Crippen molar-refractivity contribution in [1.29, 1.82) is 0 Å². The van der Waals surface area contributed by atoms with Gasteiger partial charge in [0, 0.05) is 16.2 Å². The molecule has 0 aliphatic heterocycles. The van der Waals surface area contributed by atoms with Crippen LogP contribution in [0.1, 0.15) is 56.3 Å². The van der Waals surface area contributed by atoms with Crippen molar-refractivity contribution >= 4 is 44.9 Å². The number of hydrogen-bond donors (Lipinski definition) is 2. The summed E-state index contributed by atoms with van der Waals surface area (Å²) in [5.74, 6) is 0.947. The van der Waals surface area contributed by atoms with E-state index in [0.717, 1.165) is 22.3 Å². The molecule has 2 aromatic rings. The third kappa shape index (κ3) is 8.32. The zero-order valence-corrected chi connectivity index (χ0v) is 19.9. The molecule has 2 aromatic carbocycles. The average molecular weight is 493 g/mol. The van der Waals surface area contributed by atoms with Gasteiger partial charge in [0.25, 0.3) is 5.91 Å². The standard InChI is InChI=1S/C23H29BrN2O3S/c1-3-5-6-7-8-14-29-19-11-9-10-18(16-19)25-23(30)26-22(27)20-15-17(24)12-13-21(20)28-4-2/h9-13,15-16H,3-8,14H2,1-2H3,(H2,25,26,27,30). The number of anilines is 1. The molecule has 7 heteroatoms. The number of amides is 1. The second kappa shape index (κ2) is 13.2. The molecule has 0 saturated carbocycles. The molecular weight excluding hydrogens is 464 g/mol. The predicted octanol–water partition coefficient (Wildman–Crippen LogP) is 6.32. The maximum absolute atomic E-state index is 12.6. The zero-order valence-electron chi connectivity index (χ0n) is 17.5. The van der Waals surface area contributed by atoms with E-state index >= 15 is 0 Å². The van der Waals surface area contributed by atoms with Gasteiger partial charge in [-0.2, -0.15) is 0 Å². The maximum atomic E-state index is 12.6. The molecule has 30 heavy (non-hydrogen) atoms. The van der Waals surface area contributed by atoms with Crippen molar-refractivity contribution in [2.24, 2.45) is 0 Å². The fourth-order valence-corrected chi connectivity index (χ4v) is 3.42. The number of carbonyl (C=O) groups is 1. The van der Waals surface area contributed by atoms with E-state index in [1.54, 1.807) is 12.1 Å². The van der Waals surface area contributed by atoms with Gasteiger partial charge in [-0.05, 0) is 55.9 Å². The summed E-state index contributed by atoms with van der Waals surface area (Å²) in [6, 6.07) is 12.8. The van der Waals surface area contributed by atoms with Crippen molar-refractivity contribution in [3.63, 3.8) is 0 Å². The fourth-order valence-electron chi connectivity index (χ4n) is 2.85. The summed E-state index contributed by atoms with van der Waals surface area (Å²) in [6.45, 7) is 5.24. The molecule has 5 nitrogen and oxygen atoms in total. The Morgan fingerprint density at radius 3 is 2.60 bits per heavy atom. The van der Waals surface area contributed by atoms with Gasteiger partial charge in [0.05, 0.1) is 18.8 Å². The normalized spacial score (nSPS) is 10.4. The van der Waals surface area contributed by atoms with Crippen LogP contribution in [0.3, 0.4) is 0 Å². The van der Waals surface area contributed by atoms with E-state index in [9.17, 15) is 4.79 Å². The summed E-state index contributed by atoms with van der Waals surface area (Å²) >= 11 is 8.69. The van der Waals surface area contributed by atoms with Gasteiger partial charge >= 0.3 is 0 Å². The highest BCUT2D eigenvalue weighted by Gasteiger charge is 2.15. The van der Waals surface area contributed by atoms with E-state index in [1.807, 2.05) is 37.3 Å². The van der Waals surface area contributed by atoms with E-state index in [2.05, 4.69) is 33.5 Å². The maximum Gasteiger partial charge on any atom is 0.261 e. The lowest BCUT2D eigenvalue weighted by Gasteiger charge is -2.13. The highest BCUT2D eigenvalue weighted by molar-refractivity contribution is 9.10. The molecule has 0 bridgehead atoms. The topological polar surface area (TPSA) is 59.6 Å². The molecule has 1 amide bonds. The zero-order chi connectivity index (χ0) is 21.8. The van der Waals surface area contributed by atoms with Crippen LogP contribution < -0.4 is 20.1 Å². The lowest BCUT2D eigenvalue weighted by atomic mass is 10.2. The van der Waals surface area contributed by atoms with Crippen molar-refractivity contribution in [3.8, 4) is 11.5 Å². The van der Waals surface area contributed by atoms with Crippen LogP contribution in [0.25, 0.3) is 0 Å². The van der Waals surface area contributed by atoms with Crippen molar-refractivity contribution in [2.75, 3.05) is 18.5 Å². The number of carbonyl (C=O) groups excluding carboxylic acids is 1. The Morgan fingerprint density at radius 1 is 1.03 bits per heavy atom. The number of nitrogens with one attached hydrogen (secondary N) is 2. The molecule has 0 aromatic heterocycles. The quantitative estimate of drug-likeness (QED) is 0.283. The first-order valence-corrected chi connectivity index (χ1v) is 11.5. The molecule has 0 aliphatic rings. The van der Waals surface area contributed by atoms with Crippen LogP contribution in [0.15, 0.2) is 46.9 Å². The van der Waals surface area contributed by atoms with Gasteiger partial charge < -0.3 is 14.8 Å². The number of benzene rings is 2. The Hall–Kier alpha value is -2.12.